The van der Waals surface area contributed by atoms with Crippen LogP contribution in [-0.2, 0) is 23.0 Å². The highest BCUT2D eigenvalue weighted by molar-refractivity contribution is 7.84. The number of amides is 1. The van der Waals surface area contributed by atoms with Crippen LogP contribution in [0.1, 0.15) is 32.3 Å². The van der Waals surface area contributed by atoms with Crippen LogP contribution < -0.4 is 5.32 Å². The fourth-order valence-corrected chi connectivity index (χ4v) is 5.03. The van der Waals surface area contributed by atoms with Gasteiger partial charge in [0.15, 0.2) is 0 Å². The van der Waals surface area contributed by atoms with E-state index in [0.717, 1.165) is 22.4 Å². The van der Waals surface area contributed by atoms with Gasteiger partial charge in [-0.25, -0.2) is 4.98 Å². The van der Waals surface area contributed by atoms with Crippen molar-refractivity contribution in [1.82, 2.24) is 10.3 Å². The van der Waals surface area contributed by atoms with Crippen LogP contribution in [0.4, 0.5) is 0 Å². The van der Waals surface area contributed by atoms with E-state index in [1.807, 2.05) is 61.7 Å². The molecule has 2 heterocycles. The van der Waals surface area contributed by atoms with Gasteiger partial charge in [0.2, 0.25) is 5.89 Å². The molecule has 2 aromatic heterocycles. The van der Waals surface area contributed by atoms with E-state index >= 15 is 0 Å². The summed E-state index contributed by atoms with van der Waals surface area (Å²) in [4.78, 5) is 19.0. The first-order valence-electron chi connectivity index (χ1n) is 10.3. The van der Waals surface area contributed by atoms with Gasteiger partial charge in [-0.3, -0.25) is 9.00 Å². The highest BCUT2D eigenvalue weighted by atomic mass is 32.2. The Kier molecular flexibility index (Phi) is 6.97. The van der Waals surface area contributed by atoms with Crippen molar-refractivity contribution in [3.63, 3.8) is 0 Å². The molecule has 0 aliphatic rings. The number of thiophene rings is 1. The van der Waals surface area contributed by atoms with Gasteiger partial charge in [0.1, 0.15) is 5.76 Å². The molecule has 2 aromatic carbocycles. The zero-order valence-electron chi connectivity index (χ0n) is 18.0. The zero-order valence-corrected chi connectivity index (χ0v) is 19.6. The fourth-order valence-electron chi connectivity index (χ4n) is 3.20. The highest BCUT2D eigenvalue weighted by Gasteiger charge is 2.16. The van der Waals surface area contributed by atoms with Gasteiger partial charge in [0.25, 0.3) is 5.91 Å². The van der Waals surface area contributed by atoms with E-state index in [2.05, 4.69) is 16.4 Å². The number of aryl methyl sites for hydroxylation is 2. The van der Waals surface area contributed by atoms with Crippen molar-refractivity contribution < 1.29 is 13.4 Å². The Labute approximate surface area is 194 Å². The molecule has 1 amide bonds. The van der Waals surface area contributed by atoms with E-state index in [0.29, 0.717) is 35.2 Å². The van der Waals surface area contributed by atoms with Gasteiger partial charge in [0.05, 0.1) is 22.2 Å². The van der Waals surface area contributed by atoms with Crippen molar-refractivity contribution in [3.05, 3.63) is 93.5 Å². The van der Waals surface area contributed by atoms with Crippen molar-refractivity contribution in [2.24, 2.45) is 0 Å². The normalized spacial score (nSPS) is 11.9. The van der Waals surface area contributed by atoms with Crippen LogP contribution in [0.2, 0.25) is 0 Å². The molecule has 1 N–H and O–H groups in total. The lowest BCUT2D eigenvalue weighted by molar-refractivity contribution is 0.0954. The Morgan fingerprint density at radius 3 is 2.50 bits per heavy atom. The largest absolute Gasteiger partial charge is 0.441 e. The Bertz CT molecular complexity index is 1210. The quantitative estimate of drug-likeness (QED) is 0.384. The summed E-state index contributed by atoms with van der Waals surface area (Å²) in [6.45, 7) is 4.43. The second-order valence-electron chi connectivity index (χ2n) is 7.49. The van der Waals surface area contributed by atoms with Crippen LogP contribution in [0.25, 0.3) is 11.5 Å². The number of aromatic nitrogens is 1. The van der Waals surface area contributed by atoms with E-state index < -0.39 is 10.8 Å². The SMILES string of the molecule is Cc1ccc(S(=O)Cc2nc(-c3ccc(C(=O)NCCc4cccs4)cc3)oc2C)cc1. The average Bonchev–Trinajstić information content (AvgIpc) is 3.44. The maximum Gasteiger partial charge on any atom is 0.251 e. The zero-order chi connectivity index (χ0) is 22.5. The molecule has 5 nitrogen and oxygen atoms in total. The Hall–Kier alpha value is -3.03. The standard InChI is InChI=1S/C25H24N2O3S2/c1-17-5-11-22(12-6-17)32(29)16-23-18(2)30-25(27-23)20-9-7-19(8-10-20)24(28)26-14-13-21-4-3-15-31-21/h3-12,15H,13-14,16H2,1-2H3,(H,26,28). The molecule has 0 saturated carbocycles. The lowest BCUT2D eigenvalue weighted by Crippen LogP contribution is -2.25. The molecule has 0 saturated heterocycles. The van der Waals surface area contributed by atoms with Crippen LogP contribution in [0.3, 0.4) is 0 Å². The summed E-state index contributed by atoms with van der Waals surface area (Å²) in [6.07, 6.45) is 0.823. The number of nitrogens with zero attached hydrogens (tertiary/aromatic N) is 1. The predicted octanol–water partition coefficient (Wildman–Crippen LogP) is 5.30. The number of benzene rings is 2. The molecule has 0 aliphatic heterocycles. The van der Waals surface area contributed by atoms with E-state index in [1.165, 1.54) is 4.88 Å². The van der Waals surface area contributed by atoms with Gasteiger partial charge in [-0.1, -0.05) is 23.8 Å². The van der Waals surface area contributed by atoms with E-state index in [1.54, 1.807) is 23.5 Å². The van der Waals surface area contributed by atoms with Crippen LogP contribution >= 0.6 is 11.3 Å². The fraction of sp³-hybridized carbons (Fsp3) is 0.200. The van der Waals surface area contributed by atoms with Crippen LogP contribution in [-0.4, -0.2) is 21.6 Å². The summed E-state index contributed by atoms with van der Waals surface area (Å²) in [5.74, 6) is 1.30. The summed E-state index contributed by atoms with van der Waals surface area (Å²) < 4.78 is 18.5. The van der Waals surface area contributed by atoms with Crippen molar-refractivity contribution in [1.29, 1.82) is 0 Å². The van der Waals surface area contributed by atoms with Gasteiger partial charge >= 0.3 is 0 Å². The van der Waals surface area contributed by atoms with Gasteiger partial charge in [-0.15, -0.1) is 11.3 Å². The molecular weight excluding hydrogens is 440 g/mol. The maximum atomic E-state index is 12.7. The molecule has 7 heteroatoms. The number of hydrogen-bond acceptors (Lipinski definition) is 5. The molecule has 0 fully saturated rings. The molecule has 32 heavy (non-hydrogen) atoms. The molecule has 1 atom stereocenters. The summed E-state index contributed by atoms with van der Waals surface area (Å²) in [5, 5.41) is 4.98. The second-order valence-corrected chi connectivity index (χ2v) is 9.97. The van der Waals surface area contributed by atoms with Gasteiger partial charge < -0.3 is 9.73 Å². The topological polar surface area (TPSA) is 72.2 Å². The van der Waals surface area contributed by atoms with Crippen LogP contribution in [0.5, 0.6) is 0 Å². The molecule has 0 bridgehead atoms. The lowest BCUT2D eigenvalue weighted by Gasteiger charge is -2.05. The first-order chi connectivity index (χ1) is 15.5. The average molecular weight is 465 g/mol. The van der Waals surface area contributed by atoms with Crippen molar-refractivity contribution in [2.75, 3.05) is 6.54 Å². The Morgan fingerprint density at radius 1 is 1.06 bits per heavy atom. The number of nitrogens with one attached hydrogen (secondary N) is 1. The van der Waals surface area contributed by atoms with Crippen LogP contribution in [0.15, 0.2) is 75.4 Å². The monoisotopic (exact) mass is 464 g/mol. The summed E-state index contributed by atoms with van der Waals surface area (Å²) >= 11 is 1.69. The Balaban J connectivity index is 1.39. The number of rotatable bonds is 8. The van der Waals surface area contributed by atoms with E-state index in [4.69, 9.17) is 4.42 Å². The third-order valence-corrected chi connectivity index (χ3v) is 7.35. The van der Waals surface area contributed by atoms with Gasteiger partial charge in [-0.05, 0) is 68.1 Å². The van der Waals surface area contributed by atoms with Crippen LogP contribution in [0, 0.1) is 13.8 Å². The Morgan fingerprint density at radius 2 is 1.81 bits per heavy atom. The number of carbonyl (C=O) groups is 1. The maximum absolute atomic E-state index is 12.7. The molecular formula is C25H24N2O3S2. The number of carbonyl (C=O) groups excluding carboxylic acids is 1. The summed E-state index contributed by atoms with van der Waals surface area (Å²) in [6, 6.07) is 18.9. The van der Waals surface area contributed by atoms with Gasteiger partial charge in [0, 0.05) is 27.4 Å². The van der Waals surface area contributed by atoms with E-state index in [9.17, 15) is 9.00 Å². The molecule has 4 aromatic rings. The first kappa shape index (κ1) is 22.2. The lowest BCUT2D eigenvalue weighted by atomic mass is 10.1. The first-order valence-corrected chi connectivity index (χ1v) is 12.5. The molecule has 0 aliphatic carbocycles. The number of hydrogen-bond donors (Lipinski definition) is 1. The van der Waals surface area contributed by atoms with Gasteiger partial charge in [-0.2, -0.15) is 0 Å². The molecule has 0 spiro atoms. The highest BCUT2D eigenvalue weighted by Crippen LogP contribution is 2.24. The minimum absolute atomic E-state index is 0.106. The van der Waals surface area contributed by atoms with Crippen molar-refractivity contribution in [2.45, 2.75) is 30.9 Å². The molecule has 0 radical (unpaired) electrons. The molecule has 4 rings (SSSR count). The van der Waals surface area contributed by atoms with Crippen molar-refractivity contribution in [3.8, 4) is 11.5 Å². The second kappa shape index (κ2) is 10.1. The molecule has 1 unspecified atom stereocenters. The number of oxazole rings is 1. The molecule has 164 valence electrons. The smallest absolute Gasteiger partial charge is 0.251 e. The van der Waals surface area contributed by atoms with Crippen molar-refractivity contribution >= 4 is 28.0 Å². The van der Waals surface area contributed by atoms with E-state index in [-0.39, 0.29) is 5.91 Å². The predicted molar refractivity (Wildman–Crippen MR) is 128 cm³/mol. The minimum atomic E-state index is -1.20. The minimum Gasteiger partial charge on any atom is -0.441 e. The summed E-state index contributed by atoms with van der Waals surface area (Å²) in [7, 11) is -1.20. The third kappa shape index (κ3) is 5.41. The summed E-state index contributed by atoms with van der Waals surface area (Å²) in [5.41, 5.74) is 3.17. The third-order valence-electron chi connectivity index (χ3n) is 5.08.